The number of nitrogens with zero attached hydrogens (tertiary/aromatic N) is 3. The van der Waals surface area contributed by atoms with E-state index in [2.05, 4.69) is 20.9 Å². The van der Waals surface area contributed by atoms with E-state index in [1.54, 1.807) is 54.3 Å². The molecule has 4 aromatic rings. The second-order valence-corrected chi connectivity index (χ2v) is 11.4. The summed E-state index contributed by atoms with van der Waals surface area (Å²) in [6.07, 6.45) is 1.60. The number of halogens is 2. The SMILES string of the molecule is CNC(=O)c1cc(Sc2ccc(NC(=O)Nc3cc(C(C)(C)C)nn3-c3cc(Cl)cc(Cl)c3)cc2)ccn1. The Morgan fingerprint density at radius 1 is 0.895 bits per heavy atom. The second-order valence-electron chi connectivity index (χ2n) is 9.37. The molecule has 0 aliphatic rings. The van der Waals surface area contributed by atoms with Crippen molar-refractivity contribution < 1.29 is 9.59 Å². The predicted molar refractivity (Wildman–Crippen MR) is 153 cm³/mol. The molecule has 0 spiro atoms. The average Bonchev–Trinajstić information content (AvgIpc) is 3.28. The lowest BCUT2D eigenvalue weighted by Crippen LogP contribution is -2.21. The number of pyridine rings is 1. The summed E-state index contributed by atoms with van der Waals surface area (Å²) < 4.78 is 1.61. The zero-order valence-electron chi connectivity index (χ0n) is 21.2. The lowest BCUT2D eigenvalue weighted by Gasteiger charge is -2.14. The first-order chi connectivity index (χ1) is 18.0. The lowest BCUT2D eigenvalue weighted by molar-refractivity contribution is 0.0958. The van der Waals surface area contributed by atoms with E-state index in [9.17, 15) is 9.59 Å². The predicted octanol–water partition coefficient (Wildman–Crippen LogP) is 7.03. The smallest absolute Gasteiger partial charge is 0.324 e. The molecule has 0 aliphatic carbocycles. The Morgan fingerprint density at radius 2 is 1.58 bits per heavy atom. The molecule has 0 atom stereocenters. The molecule has 2 aromatic heterocycles. The molecule has 0 radical (unpaired) electrons. The van der Waals surface area contributed by atoms with Crippen molar-refractivity contribution in [2.75, 3.05) is 17.7 Å². The van der Waals surface area contributed by atoms with Crippen LogP contribution in [-0.2, 0) is 5.41 Å². The number of anilines is 2. The monoisotopic (exact) mass is 568 g/mol. The van der Waals surface area contributed by atoms with E-state index in [1.165, 1.54) is 11.8 Å². The molecule has 38 heavy (non-hydrogen) atoms. The van der Waals surface area contributed by atoms with Gasteiger partial charge < -0.3 is 10.6 Å². The summed E-state index contributed by atoms with van der Waals surface area (Å²) in [5.74, 6) is 0.231. The van der Waals surface area contributed by atoms with Gasteiger partial charge in [0.2, 0.25) is 0 Å². The summed E-state index contributed by atoms with van der Waals surface area (Å²) in [5.41, 5.74) is 2.14. The van der Waals surface area contributed by atoms with Gasteiger partial charge in [-0.2, -0.15) is 5.10 Å². The maximum Gasteiger partial charge on any atom is 0.324 e. The van der Waals surface area contributed by atoms with Gasteiger partial charge in [0, 0.05) is 50.2 Å². The van der Waals surface area contributed by atoms with Gasteiger partial charge in [0.15, 0.2) is 0 Å². The highest BCUT2D eigenvalue weighted by Crippen LogP contribution is 2.30. The Bertz CT molecular complexity index is 1460. The number of nitrogens with one attached hydrogen (secondary N) is 3. The molecule has 196 valence electrons. The van der Waals surface area contributed by atoms with Gasteiger partial charge in [0.05, 0.1) is 11.4 Å². The minimum Gasteiger partial charge on any atom is -0.354 e. The van der Waals surface area contributed by atoms with Crippen molar-refractivity contribution in [1.29, 1.82) is 0 Å². The number of hydrogen-bond donors (Lipinski definition) is 3. The van der Waals surface area contributed by atoms with Gasteiger partial charge in [0.1, 0.15) is 11.5 Å². The van der Waals surface area contributed by atoms with Crippen molar-refractivity contribution in [2.45, 2.75) is 36.0 Å². The lowest BCUT2D eigenvalue weighted by atomic mass is 9.92. The number of hydrogen-bond acceptors (Lipinski definition) is 5. The molecular weight excluding hydrogens is 543 g/mol. The van der Waals surface area contributed by atoms with Crippen LogP contribution in [0.2, 0.25) is 10.0 Å². The molecule has 11 heteroatoms. The Balaban J connectivity index is 1.48. The highest BCUT2D eigenvalue weighted by molar-refractivity contribution is 7.99. The average molecular weight is 570 g/mol. The maximum atomic E-state index is 12.9. The van der Waals surface area contributed by atoms with Gasteiger partial charge >= 0.3 is 6.03 Å². The summed E-state index contributed by atoms with van der Waals surface area (Å²) in [7, 11) is 1.57. The van der Waals surface area contributed by atoms with E-state index < -0.39 is 6.03 Å². The van der Waals surface area contributed by atoms with Crippen LogP contribution in [0.1, 0.15) is 37.0 Å². The van der Waals surface area contributed by atoms with E-state index in [0.717, 1.165) is 15.5 Å². The van der Waals surface area contributed by atoms with Gasteiger partial charge in [0.25, 0.3) is 5.91 Å². The molecule has 8 nitrogen and oxygen atoms in total. The molecular formula is C27H26Cl2N6O2S. The first kappa shape index (κ1) is 27.5. The third kappa shape index (κ3) is 6.86. The summed E-state index contributed by atoms with van der Waals surface area (Å²) in [5, 5.41) is 13.9. The van der Waals surface area contributed by atoms with E-state index in [1.807, 2.05) is 45.0 Å². The van der Waals surface area contributed by atoms with Crippen molar-refractivity contribution >= 4 is 58.4 Å². The molecule has 2 heterocycles. The molecule has 0 saturated carbocycles. The normalized spacial score (nSPS) is 11.2. The van der Waals surface area contributed by atoms with Crippen molar-refractivity contribution in [1.82, 2.24) is 20.1 Å². The zero-order valence-corrected chi connectivity index (χ0v) is 23.5. The number of aromatic nitrogens is 3. The standard InChI is InChI=1S/C27H26Cl2N6O2S/c1-27(2,3)23-15-24(35(34-23)19-12-16(28)11-17(29)13-19)33-26(37)32-18-5-7-20(8-6-18)38-21-9-10-31-22(14-21)25(36)30-4/h5-15H,1-4H3,(H,30,36)(H2,32,33,37). The van der Waals surface area contributed by atoms with Crippen LogP contribution in [0.5, 0.6) is 0 Å². The van der Waals surface area contributed by atoms with Crippen molar-refractivity contribution in [2.24, 2.45) is 0 Å². The third-order valence-electron chi connectivity index (χ3n) is 5.35. The molecule has 3 amide bonds. The Morgan fingerprint density at radius 3 is 2.21 bits per heavy atom. The largest absolute Gasteiger partial charge is 0.354 e. The molecule has 0 bridgehead atoms. The molecule has 0 fully saturated rings. The van der Waals surface area contributed by atoms with Crippen LogP contribution >= 0.6 is 35.0 Å². The van der Waals surface area contributed by atoms with Gasteiger partial charge in [-0.1, -0.05) is 55.7 Å². The molecule has 4 rings (SSSR count). The quantitative estimate of drug-likeness (QED) is 0.232. The highest BCUT2D eigenvalue weighted by Gasteiger charge is 2.22. The minimum absolute atomic E-state index is 0.243. The molecule has 2 aromatic carbocycles. The maximum absolute atomic E-state index is 12.9. The van der Waals surface area contributed by atoms with Crippen molar-refractivity contribution in [3.63, 3.8) is 0 Å². The van der Waals surface area contributed by atoms with Gasteiger partial charge in [-0.3, -0.25) is 15.1 Å². The number of amides is 3. The van der Waals surface area contributed by atoms with E-state index >= 15 is 0 Å². The van der Waals surface area contributed by atoms with Crippen LogP contribution in [0.25, 0.3) is 5.69 Å². The molecule has 3 N–H and O–H groups in total. The van der Waals surface area contributed by atoms with Crippen LogP contribution in [0, 0.1) is 0 Å². The third-order valence-corrected chi connectivity index (χ3v) is 6.78. The van der Waals surface area contributed by atoms with Crippen molar-refractivity contribution in [3.8, 4) is 5.69 Å². The highest BCUT2D eigenvalue weighted by atomic mass is 35.5. The van der Waals surface area contributed by atoms with E-state index in [-0.39, 0.29) is 11.3 Å². The Labute approximate surface area is 235 Å². The van der Waals surface area contributed by atoms with E-state index in [4.69, 9.17) is 28.3 Å². The van der Waals surface area contributed by atoms with Gasteiger partial charge in [-0.05, 0) is 54.6 Å². The number of urea groups is 1. The first-order valence-corrected chi connectivity index (χ1v) is 13.2. The molecule has 0 unspecified atom stereocenters. The topological polar surface area (TPSA) is 101 Å². The van der Waals surface area contributed by atoms with Crippen LogP contribution < -0.4 is 16.0 Å². The Hall–Kier alpha value is -3.53. The van der Waals surface area contributed by atoms with Crippen LogP contribution in [0.3, 0.4) is 0 Å². The van der Waals surface area contributed by atoms with E-state index in [0.29, 0.717) is 32.9 Å². The fourth-order valence-corrected chi connectivity index (χ4v) is 4.80. The molecule has 0 aliphatic heterocycles. The number of carbonyl (C=O) groups excluding carboxylic acids is 2. The summed E-state index contributed by atoms with van der Waals surface area (Å²) in [6.45, 7) is 6.12. The summed E-state index contributed by atoms with van der Waals surface area (Å²) in [6, 6.07) is 17.4. The van der Waals surface area contributed by atoms with Gasteiger partial charge in [-0.25, -0.2) is 9.48 Å². The second kappa shape index (κ2) is 11.5. The fourth-order valence-electron chi connectivity index (χ4n) is 3.44. The van der Waals surface area contributed by atoms with Crippen LogP contribution in [0.4, 0.5) is 16.3 Å². The number of carbonyl (C=O) groups is 2. The zero-order chi connectivity index (χ0) is 27.4. The number of rotatable bonds is 6. The molecule has 0 saturated heterocycles. The minimum atomic E-state index is -0.426. The van der Waals surface area contributed by atoms with Crippen LogP contribution in [-0.4, -0.2) is 33.8 Å². The summed E-state index contributed by atoms with van der Waals surface area (Å²) in [4.78, 5) is 30.6. The van der Waals surface area contributed by atoms with Crippen molar-refractivity contribution in [3.05, 3.63) is 88.3 Å². The summed E-state index contributed by atoms with van der Waals surface area (Å²) >= 11 is 13.9. The van der Waals surface area contributed by atoms with Gasteiger partial charge in [-0.15, -0.1) is 0 Å². The van der Waals surface area contributed by atoms with Crippen LogP contribution in [0.15, 0.2) is 76.7 Å². The Kier molecular flexibility index (Phi) is 8.30. The number of benzene rings is 2. The first-order valence-electron chi connectivity index (χ1n) is 11.6. The fraction of sp³-hybridized carbons (Fsp3) is 0.185.